The van der Waals surface area contributed by atoms with Gasteiger partial charge in [-0.05, 0) is 25.2 Å². The first-order valence-electron chi connectivity index (χ1n) is 6.97. The van der Waals surface area contributed by atoms with Gasteiger partial charge in [-0.1, -0.05) is 19.8 Å². The number of amides is 1. The SMILES string of the molecule is CCNc1cncc(C(=O)NCC2(C)CCCC2)n1. The third kappa shape index (κ3) is 3.66. The molecule has 0 saturated heterocycles. The monoisotopic (exact) mass is 262 g/mol. The molecule has 1 saturated carbocycles. The first-order chi connectivity index (χ1) is 9.13. The van der Waals surface area contributed by atoms with Gasteiger partial charge in [0.2, 0.25) is 0 Å². The molecule has 1 fully saturated rings. The Kier molecular flexibility index (Phi) is 4.35. The minimum atomic E-state index is -0.139. The first-order valence-corrected chi connectivity index (χ1v) is 6.97. The van der Waals surface area contributed by atoms with Crippen molar-refractivity contribution in [3.63, 3.8) is 0 Å². The van der Waals surface area contributed by atoms with Crippen LogP contribution >= 0.6 is 0 Å². The van der Waals surface area contributed by atoms with E-state index in [1.807, 2.05) is 6.92 Å². The van der Waals surface area contributed by atoms with Crippen LogP contribution in [0.15, 0.2) is 12.4 Å². The molecule has 0 bridgehead atoms. The van der Waals surface area contributed by atoms with Crippen molar-refractivity contribution in [3.05, 3.63) is 18.1 Å². The minimum Gasteiger partial charge on any atom is -0.369 e. The van der Waals surface area contributed by atoms with Gasteiger partial charge in [-0.2, -0.15) is 0 Å². The third-order valence-corrected chi connectivity index (χ3v) is 3.71. The van der Waals surface area contributed by atoms with Crippen LogP contribution in [0, 0.1) is 5.41 Å². The standard InChI is InChI=1S/C14H22N4O/c1-3-16-12-9-15-8-11(18-12)13(19)17-10-14(2)6-4-5-7-14/h8-9H,3-7,10H2,1-2H3,(H,16,18)(H,17,19). The van der Waals surface area contributed by atoms with E-state index in [0.717, 1.165) is 13.1 Å². The maximum Gasteiger partial charge on any atom is 0.271 e. The molecule has 1 amide bonds. The second kappa shape index (κ2) is 5.99. The average Bonchev–Trinajstić information content (AvgIpc) is 2.84. The van der Waals surface area contributed by atoms with Gasteiger partial charge >= 0.3 is 0 Å². The quantitative estimate of drug-likeness (QED) is 0.854. The Bertz CT molecular complexity index is 441. The number of rotatable bonds is 5. The van der Waals surface area contributed by atoms with Crippen molar-refractivity contribution in [2.24, 2.45) is 5.41 Å². The summed E-state index contributed by atoms with van der Waals surface area (Å²) in [4.78, 5) is 20.3. The summed E-state index contributed by atoms with van der Waals surface area (Å²) in [5.41, 5.74) is 0.627. The summed E-state index contributed by atoms with van der Waals surface area (Å²) in [5, 5.41) is 6.04. The highest BCUT2D eigenvalue weighted by Gasteiger charge is 2.29. The molecule has 0 atom stereocenters. The van der Waals surface area contributed by atoms with E-state index in [2.05, 4.69) is 27.5 Å². The van der Waals surface area contributed by atoms with Crippen LogP contribution in [0.25, 0.3) is 0 Å². The fraction of sp³-hybridized carbons (Fsp3) is 0.643. The lowest BCUT2D eigenvalue weighted by Gasteiger charge is -2.23. The van der Waals surface area contributed by atoms with E-state index < -0.39 is 0 Å². The highest BCUT2D eigenvalue weighted by Crippen LogP contribution is 2.36. The molecule has 2 N–H and O–H groups in total. The van der Waals surface area contributed by atoms with Gasteiger partial charge in [-0.15, -0.1) is 0 Å². The van der Waals surface area contributed by atoms with Crippen LogP contribution in [0.3, 0.4) is 0 Å². The van der Waals surface area contributed by atoms with Gasteiger partial charge in [0, 0.05) is 13.1 Å². The van der Waals surface area contributed by atoms with Crippen LogP contribution in [0.2, 0.25) is 0 Å². The number of nitrogens with zero attached hydrogens (tertiary/aromatic N) is 2. The number of nitrogens with one attached hydrogen (secondary N) is 2. The number of carbonyl (C=O) groups excluding carboxylic acids is 1. The molecule has 0 aromatic carbocycles. The zero-order valence-corrected chi connectivity index (χ0v) is 11.7. The van der Waals surface area contributed by atoms with Crippen molar-refractivity contribution in [2.75, 3.05) is 18.4 Å². The summed E-state index contributed by atoms with van der Waals surface area (Å²) in [6.07, 6.45) is 8.04. The molecule has 1 aromatic heterocycles. The molecule has 5 heteroatoms. The number of carbonyl (C=O) groups is 1. The van der Waals surface area contributed by atoms with Gasteiger partial charge < -0.3 is 10.6 Å². The van der Waals surface area contributed by atoms with E-state index >= 15 is 0 Å². The number of anilines is 1. The Labute approximate surface area is 114 Å². The smallest absolute Gasteiger partial charge is 0.271 e. The minimum absolute atomic E-state index is 0.139. The molecular formula is C14H22N4O. The molecule has 1 heterocycles. The Morgan fingerprint density at radius 1 is 1.37 bits per heavy atom. The molecular weight excluding hydrogens is 240 g/mol. The zero-order valence-electron chi connectivity index (χ0n) is 11.7. The molecule has 19 heavy (non-hydrogen) atoms. The fourth-order valence-electron chi connectivity index (χ4n) is 2.53. The Hall–Kier alpha value is -1.65. The van der Waals surface area contributed by atoms with E-state index in [4.69, 9.17) is 0 Å². The summed E-state index contributed by atoms with van der Waals surface area (Å²) >= 11 is 0. The number of aromatic nitrogens is 2. The maximum atomic E-state index is 12.1. The molecule has 0 radical (unpaired) electrons. The van der Waals surface area contributed by atoms with Gasteiger partial charge in [-0.25, -0.2) is 4.98 Å². The van der Waals surface area contributed by atoms with Crippen LogP contribution in [0.5, 0.6) is 0 Å². The average molecular weight is 262 g/mol. The lowest BCUT2D eigenvalue weighted by atomic mass is 9.89. The highest BCUT2D eigenvalue weighted by atomic mass is 16.1. The van der Waals surface area contributed by atoms with Crippen molar-refractivity contribution >= 4 is 11.7 Å². The fourth-order valence-corrected chi connectivity index (χ4v) is 2.53. The van der Waals surface area contributed by atoms with Crippen molar-refractivity contribution in [1.82, 2.24) is 15.3 Å². The van der Waals surface area contributed by atoms with Crippen molar-refractivity contribution in [2.45, 2.75) is 39.5 Å². The number of hydrogen-bond acceptors (Lipinski definition) is 4. The van der Waals surface area contributed by atoms with Gasteiger partial charge in [0.25, 0.3) is 5.91 Å². The van der Waals surface area contributed by atoms with Crippen LogP contribution < -0.4 is 10.6 Å². The largest absolute Gasteiger partial charge is 0.369 e. The third-order valence-electron chi connectivity index (χ3n) is 3.71. The molecule has 2 rings (SSSR count). The van der Waals surface area contributed by atoms with Gasteiger partial charge in [0.15, 0.2) is 0 Å². The van der Waals surface area contributed by atoms with Gasteiger partial charge in [0.05, 0.1) is 12.4 Å². The lowest BCUT2D eigenvalue weighted by Crippen LogP contribution is -2.34. The summed E-state index contributed by atoms with van der Waals surface area (Å²) in [7, 11) is 0. The van der Waals surface area contributed by atoms with Crippen LogP contribution in [0.4, 0.5) is 5.82 Å². The molecule has 1 aliphatic carbocycles. The Morgan fingerprint density at radius 2 is 2.11 bits per heavy atom. The van der Waals surface area contributed by atoms with E-state index in [9.17, 15) is 4.79 Å². The van der Waals surface area contributed by atoms with E-state index in [1.54, 1.807) is 6.20 Å². The summed E-state index contributed by atoms with van der Waals surface area (Å²) < 4.78 is 0. The molecule has 1 aliphatic rings. The normalized spacial score (nSPS) is 17.2. The summed E-state index contributed by atoms with van der Waals surface area (Å²) in [5.74, 6) is 0.502. The summed E-state index contributed by atoms with van der Waals surface area (Å²) in [6, 6.07) is 0. The molecule has 5 nitrogen and oxygen atoms in total. The van der Waals surface area contributed by atoms with Crippen LogP contribution in [-0.2, 0) is 0 Å². The topological polar surface area (TPSA) is 66.9 Å². The van der Waals surface area contributed by atoms with Gasteiger partial charge in [0.1, 0.15) is 11.5 Å². The predicted molar refractivity (Wildman–Crippen MR) is 75.1 cm³/mol. The molecule has 1 aromatic rings. The molecule has 0 unspecified atom stereocenters. The van der Waals surface area contributed by atoms with Crippen LogP contribution in [0.1, 0.15) is 50.0 Å². The Balaban J connectivity index is 1.93. The van der Waals surface area contributed by atoms with E-state index in [0.29, 0.717) is 11.5 Å². The van der Waals surface area contributed by atoms with Crippen molar-refractivity contribution in [3.8, 4) is 0 Å². The molecule has 0 spiro atoms. The summed E-state index contributed by atoms with van der Waals surface area (Å²) in [6.45, 7) is 5.70. The Morgan fingerprint density at radius 3 is 2.79 bits per heavy atom. The van der Waals surface area contributed by atoms with Gasteiger partial charge in [-0.3, -0.25) is 9.78 Å². The lowest BCUT2D eigenvalue weighted by molar-refractivity contribution is 0.0929. The molecule has 104 valence electrons. The zero-order chi connectivity index (χ0) is 13.7. The second-order valence-electron chi connectivity index (χ2n) is 5.52. The maximum absolute atomic E-state index is 12.1. The predicted octanol–water partition coefficient (Wildman–Crippen LogP) is 2.22. The van der Waals surface area contributed by atoms with Crippen LogP contribution in [-0.4, -0.2) is 29.0 Å². The first kappa shape index (κ1) is 13.8. The second-order valence-corrected chi connectivity index (χ2v) is 5.52. The molecule has 0 aliphatic heterocycles. The van der Waals surface area contributed by atoms with E-state index in [-0.39, 0.29) is 11.3 Å². The van der Waals surface area contributed by atoms with E-state index in [1.165, 1.54) is 31.9 Å². The van der Waals surface area contributed by atoms with Crippen molar-refractivity contribution < 1.29 is 4.79 Å². The van der Waals surface area contributed by atoms with Crippen molar-refractivity contribution in [1.29, 1.82) is 0 Å². The highest BCUT2D eigenvalue weighted by molar-refractivity contribution is 5.92. The number of hydrogen-bond donors (Lipinski definition) is 2.